The monoisotopic (exact) mass is 399 g/mol. The Hall–Kier alpha value is -2.86. The molecule has 0 aliphatic carbocycles. The van der Waals surface area contributed by atoms with Gasteiger partial charge in [0.15, 0.2) is 5.78 Å². The van der Waals surface area contributed by atoms with Crippen molar-refractivity contribution in [1.29, 1.82) is 0 Å². The van der Waals surface area contributed by atoms with Gasteiger partial charge in [-0.15, -0.1) is 0 Å². The van der Waals surface area contributed by atoms with Gasteiger partial charge in [0.1, 0.15) is 28.6 Å². The van der Waals surface area contributed by atoms with E-state index in [1.54, 1.807) is 18.2 Å². The van der Waals surface area contributed by atoms with Gasteiger partial charge < -0.3 is 14.6 Å². The molecule has 0 radical (unpaired) electrons. The lowest BCUT2D eigenvalue weighted by Crippen LogP contribution is -2.29. The SMILES string of the molecule is COc1cc(OC)c(C(=O)/C=C/c2cccc(F)c2)c(O)c1CN1CCCCC1. The summed E-state index contributed by atoms with van der Waals surface area (Å²) < 4.78 is 24.1. The van der Waals surface area contributed by atoms with Crippen LogP contribution in [0.2, 0.25) is 0 Å². The Kier molecular flexibility index (Phi) is 6.88. The zero-order valence-corrected chi connectivity index (χ0v) is 16.8. The third kappa shape index (κ3) is 4.95. The number of halogens is 1. The highest BCUT2D eigenvalue weighted by Crippen LogP contribution is 2.40. The van der Waals surface area contributed by atoms with Crippen molar-refractivity contribution in [3.63, 3.8) is 0 Å². The van der Waals surface area contributed by atoms with Crippen molar-refractivity contribution >= 4 is 11.9 Å². The van der Waals surface area contributed by atoms with Gasteiger partial charge in [0, 0.05) is 12.6 Å². The summed E-state index contributed by atoms with van der Waals surface area (Å²) in [5, 5.41) is 11.0. The fourth-order valence-electron chi connectivity index (χ4n) is 3.60. The van der Waals surface area contributed by atoms with Crippen LogP contribution in [-0.4, -0.2) is 43.1 Å². The van der Waals surface area contributed by atoms with Crippen molar-refractivity contribution in [3.8, 4) is 17.2 Å². The van der Waals surface area contributed by atoms with Crippen molar-refractivity contribution in [1.82, 2.24) is 4.90 Å². The van der Waals surface area contributed by atoms with E-state index in [4.69, 9.17) is 9.47 Å². The lowest BCUT2D eigenvalue weighted by atomic mass is 10.0. The highest BCUT2D eigenvalue weighted by molar-refractivity contribution is 6.11. The van der Waals surface area contributed by atoms with Crippen LogP contribution in [0.4, 0.5) is 4.39 Å². The molecule has 1 N–H and O–H groups in total. The van der Waals surface area contributed by atoms with Gasteiger partial charge in [-0.05, 0) is 49.7 Å². The Morgan fingerprint density at radius 2 is 1.86 bits per heavy atom. The number of piperidine rings is 1. The lowest BCUT2D eigenvalue weighted by molar-refractivity contribution is 0.104. The zero-order chi connectivity index (χ0) is 20.8. The van der Waals surface area contributed by atoms with Gasteiger partial charge in [0.05, 0.1) is 19.8 Å². The van der Waals surface area contributed by atoms with Crippen LogP contribution in [-0.2, 0) is 6.54 Å². The molecule has 29 heavy (non-hydrogen) atoms. The number of nitrogens with zero attached hydrogens (tertiary/aromatic N) is 1. The maximum Gasteiger partial charge on any atom is 0.193 e. The molecule has 0 atom stereocenters. The number of methoxy groups -OCH3 is 2. The summed E-state index contributed by atoms with van der Waals surface area (Å²) in [5.41, 5.74) is 1.20. The second kappa shape index (κ2) is 9.56. The van der Waals surface area contributed by atoms with E-state index in [0.717, 1.165) is 25.9 Å². The molecule has 0 amide bonds. The third-order valence-corrected chi connectivity index (χ3v) is 5.12. The number of ketones is 1. The van der Waals surface area contributed by atoms with Crippen molar-refractivity contribution in [2.45, 2.75) is 25.8 Å². The van der Waals surface area contributed by atoms with E-state index in [1.165, 1.54) is 44.9 Å². The average Bonchev–Trinajstić information content (AvgIpc) is 2.74. The molecule has 6 heteroatoms. The first kappa shape index (κ1) is 20.9. The van der Waals surface area contributed by atoms with E-state index in [-0.39, 0.29) is 22.9 Å². The number of aromatic hydroxyl groups is 1. The number of likely N-dealkylation sites (tertiary alicyclic amines) is 1. The molecule has 1 heterocycles. The number of carbonyl (C=O) groups is 1. The van der Waals surface area contributed by atoms with Crippen molar-refractivity contribution in [2.75, 3.05) is 27.3 Å². The molecule has 154 valence electrons. The van der Waals surface area contributed by atoms with E-state index in [2.05, 4.69) is 4.90 Å². The number of phenolic OH excluding ortho intramolecular Hbond substituents is 1. The molecule has 0 spiro atoms. The fourth-order valence-corrected chi connectivity index (χ4v) is 3.60. The summed E-state index contributed by atoms with van der Waals surface area (Å²) in [5.74, 6) is -0.230. The van der Waals surface area contributed by atoms with Gasteiger partial charge in [0.25, 0.3) is 0 Å². The summed E-state index contributed by atoms with van der Waals surface area (Å²) in [6, 6.07) is 7.56. The number of allylic oxidation sites excluding steroid dienone is 1. The minimum absolute atomic E-state index is 0.0768. The maximum atomic E-state index is 13.4. The number of hydrogen-bond donors (Lipinski definition) is 1. The van der Waals surface area contributed by atoms with Gasteiger partial charge in [-0.25, -0.2) is 4.39 Å². The second-order valence-corrected chi connectivity index (χ2v) is 7.07. The molecule has 1 aliphatic rings. The standard InChI is InChI=1S/C23H26FNO4/c1-28-20-14-21(29-2)22(19(26)10-9-16-7-6-8-17(24)13-16)23(27)18(20)15-25-11-4-3-5-12-25/h6-10,13-14,27H,3-5,11-12,15H2,1-2H3/b10-9+. The molecule has 2 aromatic rings. The van der Waals surface area contributed by atoms with Gasteiger partial charge >= 0.3 is 0 Å². The predicted octanol–water partition coefficient (Wildman–Crippen LogP) is 4.43. The predicted molar refractivity (Wildman–Crippen MR) is 110 cm³/mol. The van der Waals surface area contributed by atoms with Gasteiger partial charge in [0.2, 0.25) is 0 Å². The molecule has 1 fully saturated rings. The van der Waals surface area contributed by atoms with Crippen molar-refractivity contribution < 1.29 is 23.8 Å². The first-order valence-corrected chi connectivity index (χ1v) is 9.70. The molecule has 0 bridgehead atoms. The summed E-state index contributed by atoms with van der Waals surface area (Å²) in [4.78, 5) is 15.1. The smallest absolute Gasteiger partial charge is 0.193 e. The second-order valence-electron chi connectivity index (χ2n) is 7.07. The van der Waals surface area contributed by atoms with Crippen LogP contribution < -0.4 is 9.47 Å². The Morgan fingerprint density at radius 1 is 1.14 bits per heavy atom. The number of rotatable bonds is 7. The number of phenols is 1. The van der Waals surface area contributed by atoms with Gasteiger partial charge in [-0.1, -0.05) is 24.6 Å². The van der Waals surface area contributed by atoms with Crippen LogP contribution in [0.25, 0.3) is 6.08 Å². The van der Waals surface area contributed by atoms with Crippen molar-refractivity contribution in [2.24, 2.45) is 0 Å². The first-order valence-electron chi connectivity index (χ1n) is 9.70. The molecule has 1 aliphatic heterocycles. The molecule has 0 aromatic heterocycles. The van der Waals surface area contributed by atoms with Crippen LogP contribution in [0.3, 0.4) is 0 Å². The first-order chi connectivity index (χ1) is 14.0. The fraction of sp³-hybridized carbons (Fsp3) is 0.348. The summed E-state index contributed by atoms with van der Waals surface area (Å²) in [6.07, 6.45) is 6.25. The highest BCUT2D eigenvalue weighted by atomic mass is 19.1. The van der Waals surface area contributed by atoms with E-state index in [0.29, 0.717) is 23.4 Å². The Bertz CT molecular complexity index is 904. The number of hydrogen-bond acceptors (Lipinski definition) is 5. The van der Waals surface area contributed by atoms with Crippen LogP contribution in [0.1, 0.15) is 40.7 Å². The summed E-state index contributed by atoms with van der Waals surface area (Å²) in [7, 11) is 2.96. The van der Waals surface area contributed by atoms with E-state index in [9.17, 15) is 14.3 Å². The topological polar surface area (TPSA) is 59.0 Å². The van der Waals surface area contributed by atoms with Crippen LogP contribution in [0.5, 0.6) is 17.2 Å². The van der Waals surface area contributed by atoms with E-state index >= 15 is 0 Å². The molecular formula is C23H26FNO4. The molecule has 0 unspecified atom stereocenters. The number of carbonyl (C=O) groups excluding carboxylic acids is 1. The maximum absolute atomic E-state index is 13.4. The molecule has 2 aromatic carbocycles. The molecular weight excluding hydrogens is 373 g/mol. The summed E-state index contributed by atoms with van der Waals surface area (Å²) in [6.45, 7) is 2.38. The van der Waals surface area contributed by atoms with E-state index < -0.39 is 5.78 Å². The summed E-state index contributed by atoms with van der Waals surface area (Å²) >= 11 is 0. The molecule has 1 saturated heterocycles. The molecule has 5 nitrogen and oxygen atoms in total. The molecule has 0 saturated carbocycles. The quantitative estimate of drug-likeness (QED) is 0.551. The zero-order valence-electron chi connectivity index (χ0n) is 16.8. The Labute approximate surface area is 170 Å². The largest absolute Gasteiger partial charge is 0.507 e. The van der Waals surface area contributed by atoms with E-state index in [1.807, 2.05) is 0 Å². The van der Waals surface area contributed by atoms with Crippen LogP contribution in [0, 0.1) is 5.82 Å². The lowest BCUT2D eigenvalue weighted by Gasteiger charge is -2.28. The van der Waals surface area contributed by atoms with Gasteiger partial charge in [-0.3, -0.25) is 9.69 Å². The van der Waals surface area contributed by atoms with Gasteiger partial charge in [-0.2, -0.15) is 0 Å². The normalized spacial score (nSPS) is 14.9. The average molecular weight is 399 g/mol. The number of benzene rings is 2. The van der Waals surface area contributed by atoms with Crippen LogP contribution in [0.15, 0.2) is 36.4 Å². The van der Waals surface area contributed by atoms with Crippen LogP contribution >= 0.6 is 0 Å². The Balaban J connectivity index is 1.95. The minimum atomic E-state index is -0.425. The minimum Gasteiger partial charge on any atom is -0.507 e. The highest BCUT2D eigenvalue weighted by Gasteiger charge is 2.24. The molecule has 3 rings (SSSR count). The third-order valence-electron chi connectivity index (χ3n) is 5.12. The van der Waals surface area contributed by atoms with Crippen molar-refractivity contribution in [3.05, 3.63) is 58.9 Å². The number of ether oxygens (including phenoxy) is 2. The Morgan fingerprint density at radius 3 is 2.52 bits per heavy atom.